The summed E-state index contributed by atoms with van der Waals surface area (Å²) in [5.41, 5.74) is 1.03. The lowest BCUT2D eigenvalue weighted by Crippen LogP contribution is -1.80. The molecule has 0 N–H and O–H groups in total. The van der Waals surface area contributed by atoms with Crippen LogP contribution in [0.4, 0.5) is 0 Å². The molecular formula is C8H7Cl2. The number of halogens is 2. The van der Waals surface area contributed by atoms with E-state index < -0.39 is 0 Å². The van der Waals surface area contributed by atoms with Gasteiger partial charge in [-0.2, -0.15) is 0 Å². The van der Waals surface area contributed by atoms with Gasteiger partial charge in [0.2, 0.25) is 0 Å². The fourth-order valence-electron chi connectivity index (χ4n) is 0.724. The van der Waals surface area contributed by atoms with Crippen molar-refractivity contribution in [2.24, 2.45) is 0 Å². The van der Waals surface area contributed by atoms with Crippen molar-refractivity contribution in [2.75, 3.05) is 0 Å². The molecule has 0 nitrogen and oxygen atoms in total. The average Bonchev–Trinajstić information content (AvgIpc) is 1.88. The minimum Gasteiger partial charge on any atom is -0.0843 e. The lowest BCUT2D eigenvalue weighted by atomic mass is 10.2. The van der Waals surface area contributed by atoms with Crippen LogP contribution in [0.25, 0.3) is 0 Å². The van der Waals surface area contributed by atoms with E-state index in [1.807, 2.05) is 12.1 Å². The first-order valence-electron chi connectivity index (χ1n) is 2.97. The second-order valence-electron chi connectivity index (χ2n) is 1.99. The Kier molecular flexibility index (Phi) is 2.58. The maximum atomic E-state index is 5.81. The van der Waals surface area contributed by atoms with Crippen molar-refractivity contribution >= 4 is 23.2 Å². The molecule has 53 valence electrons. The second-order valence-corrected chi connectivity index (χ2v) is 2.83. The predicted molar refractivity (Wildman–Crippen MR) is 45.5 cm³/mol. The van der Waals surface area contributed by atoms with Gasteiger partial charge in [0.05, 0.1) is 0 Å². The predicted octanol–water partition coefficient (Wildman–Crippen LogP) is 3.37. The van der Waals surface area contributed by atoms with Crippen LogP contribution in [0.15, 0.2) is 18.2 Å². The largest absolute Gasteiger partial charge is 0.0843 e. The summed E-state index contributed by atoms with van der Waals surface area (Å²) in [6.45, 7) is 3.72. The Balaban J connectivity index is 3.07. The maximum absolute atomic E-state index is 5.81. The van der Waals surface area contributed by atoms with Crippen LogP contribution < -0.4 is 0 Å². The quantitative estimate of drug-likeness (QED) is 0.612. The number of rotatable bonds is 1. The molecule has 1 aromatic rings. The minimum absolute atomic E-state index is 0.669. The summed E-state index contributed by atoms with van der Waals surface area (Å²) in [7, 11) is 0. The van der Waals surface area contributed by atoms with Gasteiger partial charge >= 0.3 is 0 Å². The lowest BCUT2D eigenvalue weighted by Gasteiger charge is -1.98. The normalized spacial score (nSPS) is 9.90. The zero-order chi connectivity index (χ0) is 7.56. The van der Waals surface area contributed by atoms with Crippen LogP contribution in [0.2, 0.25) is 10.0 Å². The monoisotopic (exact) mass is 173 g/mol. The van der Waals surface area contributed by atoms with Gasteiger partial charge in [-0.1, -0.05) is 29.3 Å². The van der Waals surface area contributed by atoms with E-state index >= 15 is 0 Å². The Morgan fingerprint density at radius 2 is 2.00 bits per heavy atom. The van der Waals surface area contributed by atoms with Gasteiger partial charge in [0.15, 0.2) is 0 Å². The Morgan fingerprint density at radius 3 is 2.50 bits per heavy atom. The first-order valence-corrected chi connectivity index (χ1v) is 3.73. The molecule has 10 heavy (non-hydrogen) atoms. The van der Waals surface area contributed by atoms with Crippen molar-refractivity contribution in [1.82, 2.24) is 0 Å². The van der Waals surface area contributed by atoms with E-state index in [1.165, 1.54) is 0 Å². The molecule has 2 heteroatoms. The smallest absolute Gasteiger partial charge is 0.0452 e. The van der Waals surface area contributed by atoms with E-state index in [-0.39, 0.29) is 0 Å². The molecule has 1 aromatic carbocycles. The van der Waals surface area contributed by atoms with Crippen LogP contribution in [-0.2, 0) is 6.42 Å². The van der Waals surface area contributed by atoms with Crippen LogP contribution in [0.3, 0.4) is 0 Å². The zero-order valence-corrected chi connectivity index (χ0v) is 6.91. The summed E-state index contributed by atoms with van der Waals surface area (Å²) in [4.78, 5) is 0. The molecule has 0 atom stereocenters. The van der Waals surface area contributed by atoms with Gasteiger partial charge in [0.25, 0.3) is 0 Å². The van der Waals surface area contributed by atoms with Gasteiger partial charge in [-0.25, -0.2) is 0 Å². The van der Waals surface area contributed by atoms with Gasteiger partial charge in [0, 0.05) is 10.0 Å². The van der Waals surface area contributed by atoms with E-state index in [4.69, 9.17) is 23.2 Å². The molecule has 0 aliphatic heterocycles. The first-order chi connectivity index (χ1) is 4.74. The molecule has 0 spiro atoms. The van der Waals surface area contributed by atoms with Crippen molar-refractivity contribution in [3.05, 3.63) is 40.7 Å². The van der Waals surface area contributed by atoms with Crippen molar-refractivity contribution in [3.63, 3.8) is 0 Å². The van der Waals surface area contributed by atoms with Crippen molar-refractivity contribution < 1.29 is 0 Å². The van der Waals surface area contributed by atoms with E-state index in [1.54, 1.807) is 6.07 Å². The first kappa shape index (κ1) is 7.90. The van der Waals surface area contributed by atoms with E-state index in [9.17, 15) is 0 Å². The number of hydrogen-bond donors (Lipinski definition) is 0. The summed E-state index contributed by atoms with van der Waals surface area (Å²) in [5, 5.41) is 1.37. The Morgan fingerprint density at radius 1 is 1.30 bits per heavy atom. The van der Waals surface area contributed by atoms with Crippen molar-refractivity contribution in [3.8, 4) is 0 Å². The molecule has 0 bridgehead atoms. The molecule has 0 saturated carbocycles. The molecule has 1 radical (unpaired) electrons. The van der Waals surface area contributed by atoms with Crippen LogP contribution in [0.5, 0.6) is 0 Å². The molecule has 1 rings (SSSR count). The van der Waals surface area contributed by atoms with Gasteiger partial charge in [0.1, 0.15) is 0 Å². The molecule has 0 amide bonds. The molecule has 0 aromatic heterocycles. The number of hydrogen-bond acceptors (Lipinski definition) is 0. The summed E-state index contributed by atoms with van der Waals surface area (Å²) in [5.74, 6) is 0. The minimum atomic E-state index is 0.669. The average molecular weight is 174 g/mol. The highest BCUT2D eigenvalue weighted by molar-refractivity contribution is 6.35. The van der Waals surface area contributed by atoms with Crippen LogP contribution in [0, 0.1) is 6.92 Å². The van der Waals surface area contributed by atoms with E-state index in [2.05, 4.69) is 6.92 Å². The topological polar surface area (TPSA) is 0 Å². The summed E-state index contributed by atoms with van der Waals surface area (Å²) >= 11 is 11.5. The molecule has 0 unspecified atom stereocenters. The van der Waals surface area contributed by atoms with E-state index in [0.29, 0.717) is 16.5 Å². The van der Waals surface area contributed by atoms with Gasteiger partial charge in [-0.05, 0) is 31.0 Å². The van der Waals surface area contributed by atoms with E-state index in [0.717, 1.165) is 5.56 Å². The Labute approximate surface area is 70.8 Å². The Bertz CT molecular complexity index is 231. The van der Waals surface area contributed by atoms with Crippen molar-refractivity contribution in [1.29, 1.82) is 0 Å². The fourth-order valence-corrected chi connectivity index (χ4v) is 1.23. The third kappa shape index (κ3) is 1.65. The SMILES string of the molecule is [CH2]Cc1ccc(Cl)cc1Cl. The highest BCUT2D eigenvalue weighted by atomic mass is 35.5. The molecule has 0 heterocycles. The summed E-state index contributed by atoms with van der Waals surface area (Å²) in [6.07, 6.45) is 0.704. The lowest BCUT2D eigenvalue weighted by molar-refractivity contribution is 1.27. The molecule has 0 aliphatic rings. The molecule has 0 fully saturated rings. The van der Waals surface area contributed by atoms with Gasteiger partial charge < -0.3 is 0 Å². The Hall–Kier alpha value is -0.200. The van der Waals surface area contributed by atoms with Crippen LogP contribution in [-0.4, -0.2) is 0 Å². The standard InChI is InChI=1S/C8H7Cl2/c1-2-6-3-4-7(9)5-8(6)10/h3-5H,1-2H2. The second kappa shape index (κ2) is 3.27. The summed E-state index contributed by atoms with van der Waals surface area (Å²) in [6, 6.07) is 5.43. The highest BCUT2D eigenvalue weighted by Gasteiger charge is 1.96. The fraction of sp³-hybridized carbons (Fsp3) is 0.125. The van der Waals surface area contributed by atoms with Gasteiger partial charge in [-0.15, -0.1) is 0 Å². The molecule has 0 saturated heterocycles. The zero-order valence-electron chi connectivity index (χ0n) is 5.40. The molecular weight excluding hydrogens is 167 g/mol. The third-order valence-electron chi connectivity index (χ3n) is 1.28. The van der Waals surface area contributed by atoms with Crippen LogP contribution in [0.1, 0.15) is 5.56 Å². The maximum Gasteiger partial charge on any atom is 0.0452 e. The van der Waals surface area contributed by atoms with Crippen LogP contribution >= 0.6 is 23.2 Å². The van der Waals surface area contributed by atoms with Gasteiger partial charge in [-0.3, -0.25) is 0 Å². The van der Waals surface area contributed by atoms with Crippen molar-refractivity contribution in [2.45, 2.75) is 6.42 Å². The summed E-state index contributed by atoms with van der Waals surface area (Å²) < 4.78 is 0. The number of benzene rings is 1. The molecule has 0 aliphatic carbocycles. The third-order valence-corrected chi connectivity index (χ3v) is 1.87. The highest BCUT2D eigenvalue weighted by Crippen LogP contribution is 2.20.